The first-order chi connectivity index (χ1) is 14.3. The van der Waals surface area contributed by atoms with Gasteiger partial charge in [0.25, 0.3) is 0 Å². The van der Waals surface area contributed by atoms with Crippen molar-refractivity contribution in [3.05, 3.63) is 89.5 Å². The van der Waals surface area contributed by atoms with Gasteiger partial charge in [-0.15, -0.1) is 0 Å². The van der Waals surface area contributed by atoms with Gasteiger partial charge in [-0.2, -0.15) is 5.10 Å². The molecule has 0 aliphatic carbocycles. The maximum Gasteiger partial charge on any atom is 0.214 e. The van der Waals surface area contributed by atoms with Crippen LogP contribution in [0.1, 0.15) is 35.4 Å². The Morgan fingerprint density at radius 1 is 0.897 bits per heavy atom. The van der Waals surface area contributed by atoms with Gasteiger partial charge < -0.3 is 14.2 Å². The van der Waals surface area contributed by atoms with Gasteiger partial charge in [0, 0.05) is 17.5 Å². The molecule has 2 heterocycles. The molecular formula is C24H22N2O3. The van der Waals surface area contributed by atoms with E-state index in [9.17, 15) is 0 Å². The zero-order valence-electron chi connectivity index (χ0n) is 16.4. The number of hydrazone groups is 1. The molecule has 0 unspecified atom stereocenters. The number of benzene rings is 3. The van der Waals surface area contributed by atoms with Crippen molar-refractivity contribution in [3.63, 3.8) is 0 Å². The van der Waals surface area contributed by atoms with Gasteiger partial charge in [0.15, 0.2) is 11.5 Å². The molecule has 0 saturated heterocycles. The molecule has 3 aromatic rings. The summed E-state index contributed by atoms with van der Waals surface area (Å²) in [5.41, 5.74) is 4.35. The molecule has 146 valence electrons. The molecule has 0 bridgehead atoms. The van der Waals surface area contributed by atoms with Crippen molar-refractivity contribution in [1.82, 2.24) is 5.01 Å². The Morgan fingerprint density at radius 2 is 1.66 bits per heavy atom. The Kier molecular flexibility index (Phi) is 4.35. The van der Waals surface area contributed by atoms with Gasteiger partial charge in [0.2, 0.25) is 6.23 Å². The first kappa shape index (κ1) is 17.6. The predicted octanol–water partition coefficient (Wildman–Crippen LogP) is 4.95. The summed E-state index contributed by atoms with van der Waals surface area (Å²) in [6.45, 7) is 0. The van der Waals surface area contributed by atoms with Crippen LogP contribution in [0, 0.1) is 0 Å². The van der Waals surface area contributed by atoms with Crippen molar-refractivity contribution in [2.45, 2.75) is 18.7 Å². The maximum absolute atomic E-state index is 6.41. The number of methoxy groups -OCH3 is 2. The highest BCUT2D eigenvalue weighted by Crippen LogP contribution is 2.48. The van der Waals surface area contributed by atoms with Gasteiger partial charge in [0.1, 0.15) is 5.75 Å². The lowest BCUT2D eigenvalue weighted by atomic mass is 9.96. The van der Waals surface area contributed by atoms with Crippen LogP contribution < -0.4 is 14.2 Å². The second-order valence-electron chi connectivity index (χ2n) is 7.14. The quantitative estimate of drug-likeness (QED) is 0.637. The third kappa shape index (κ3) is 2.99. The summed E-state index contributed by atoms with van der Waals surface area (Å²) in [4.78, 5) is 0. The van der Waals surface area contributed by atoms with Crippen LogP contribution in [0.3, 0.4) is 0 Å². The fourth-order valence-electron chi connectivity index (χ4n) is 4.07. The normalized spacial score (nSPS) is 19.7. The number of fused-ring (bicyclic) bond motifs is 3. The fourth-order valence-corrected chi connectivity index (χ4v) is 4.07. The number of rotatable bonds is 4. The fraction of sp³-hybridized carbons (Fsp3) is 0.208. The second kappa shape index (κ2) is 7.17. The van der Waals surface area contributed by atoms with Crippen LogP contribution in [0.2, 0.25) is 0 Å². The molecule has 2 aliphatic heterocycles. The summed E-state index contributed by atoms with van der Waals surface area (Å²) < 4.78 is 17.3. The van der Waals surface area contributed by atoms with E-state index in [-0.39, 0.29) is 12.3 Å². The van der Waals surface area contributed by atoms with Crippen molar-refractivity contribution >= 4 is 5.71 Å². The van der Waals surface area contributed by atoms with Crippen molar-refractivity contribution in [2.24, 2.45) is 5.10 Å². The van der Waals surface area contributed by atoms with Crippen molar-refractivity contribution in [3.8, 4) is 17.2 Å². The number of ether oxygens (including phenoxy) is 3. The van der Waals surface area contributed by atoms with E-state index < -0.39 is 0 Å². The molecule has 0 fully saturated rings. The summed E-state index contributed by atoms with van der Waals surface area (Å²) in [6.07, 6.45) is 0.504. The van der Waals surface area contributed by atoms with E-state index in [0.717, 1.165) is 29.0 Å². The summed E-state index contributed by atoms with van der Waals surface area (Å²) in [7, 11) is 3.28. The summed E-state index contributed by atoms with van der Waals surface area (Å²) >= 11 is 0. The average Bonchev–Trinajstić information content (AvgIpc) is 3.24. The summed E-state index contributed by atoms with van der Waals surface area (Å²) in [6, 6.07) is 24.6. The Bertz CT molecular complexity index is 1060. The topological polar surface area (TPSA) is 43.3 Å². The van der Waals surface area contributed by atoms with E-state index >= 15 is 0 Å². The minimum atomic E-state index is -0.337. The van der Waals surface area contributed by atoms with Crippen LogP contribution in [-0.2, 0) is 0 Å². The van der Waals surface area contributed by atoms with Crippen molar-refractivity contribution in [2.75, 3.05) is 14.2 Å². The van der Waals surface area contributed by atoms with E-state index in [1.54, 1.807) is 14.2 Å². The largest absolute Gasteiger partial charge is 0.493 e. The van der Waals surface area contributed by atoms with Crippen molar-refractivity contribution in [1.29, 1.82) is 0 Å². The second-order valence-corrected chi connectivity index (χ2v) is 7.14. The molecule has 0 radical (unpaired) electrons. The van der Waals surface area contributed by atoms with Crippen LogP contribution in [0.25, 0.3) is 0 Å². The number of hydrogen-bond donors (Lipinski definition) is 0. The molecule has 5 nitrogen and oxygen atoms in total. The SMILES string of the molecule is COc1ccc([C@H]2Oc3ccccc3[C@@H]3CC(c4ccccc4)=NN23)cc1OC. The highest BCUT2D eigenvalue weighted by atomic mass is 16.5. The summed E-state index contributed by atoms with van der Waals surface area (Å²) in [5.74, 6) is 2.27. The Hall–Kier alpha value is -3.47. The molecule has 0 amide bonds. The number of para-hydroxylation sites is 1. The molecule has 0 aromatic heterocycles. The average molecular weight is 386 g/mol. The van der Waals surface area contributed by atoms with E-state index in [2.05, 4.69) is 29.3 Å². The lowest BCUT2D eigenvalue weighted by Gasteiger charge is -2.38. The first-order valence-corrected chi connectivity index (χ1v) is 9.67. The van der Waals surface area contributed by atoms with E-state index in [4.69, 9.17) is 19.3 Å². The lowest BCUT2D eigenvalue weighted by molar-refractivity contribution is -0.0191. The third-order valence-corrected chi connectivity index (χ3v) is 5.50. The first-order valence-electron chi connectivity index (χ1n) is 9.67. The minimum absolute atomic E-state index is 0.133. The van der Waals surface area contributed by atoms with Crippen molar-refractivity contribution < 1.29 is 14.2 Å². The molecule has 0 spiro atoms. The molecular weight excluding hydrogens is 364 g/mol. The molecule has 2 atom stereocenters. The Morgan fingerprint density at radius 3 is 2.45 bits per heavy atom. The van der Waals surface area contributed by atoms with Crippen LogP contribution in [-0.4, -0.2) is 24.9 Å². The van der Waals surface area contributed by atoms with Gasteiger partial charge in [-0.25, -0.2) is 5.01 Å². The van der Waals surface area contributed by atoms with Gasteiger partial charge in [0.05, 0.1) is 26.0 Å². The molecule has 0 N–H and O–H groups in total. The smallest absolute Gasteiger partial charge is 0.214 e. The maximum atomic E-state index is 6.41. The van der Waals surface area contributed by atoms with Gasteiger partial charge in [-0.3, -0.25) is 0 Å². The zero-order valence-corrected chi connectivity index (χ0v) is 16.4. The predicted molar refractivity (Wildman–Crippen MR) is 112 cm³/mol. The van der Waals surface area contributed by atoms with Crippen LogP contribution in [0.4, 0.5) is 0 Å². The number of hydrogen-bond acceptors (Lipinski definition) is 5. The molecule has 29 heavy (non-hydrogen) atoms. The number of nitrogens with zero attached hydrogens (tertiary/aromatic N) is 2. The zero-order chi connectivity index (χ0) is 19.8. The van der Waals surface area contributed by atoms with Crippen LogP contribution in [0.5, 0.6) is 17.2 Å². The Labute approximate surface area is 170 Å². The van der Waals surface area contributed by atoms with Crippen LogP contribution in [0.15, 0.2) is 77.9 Å². The third-order valence-electron chi connectivity index (χ3n) is 5.50. The van der Waals surface area contributed by atoms with Gasteiger partial charge in [-0.1, -0.05) is 48.5 Å². The molecule has 3 aromatic carbocycles. The lowest BCUT2D eigenvalue weighted by Crippen LogP contribution is -2.33. The van der Waals surface area contributed by atoms with Gasteiger partial charge in [-0.05, 0) is 29.8 Å². The van der Waals surface area contributed by atoms with E-state index in [0.29, 0.717) is 11.5 Å². The highest BCUT2D eigenvalue weighted by molar-refractivity contribution is 6.01. The molecule has 0 saturated carbocycles. The highest BCUT2D eigenvalue weighted by Gasteiger charge is 2.41. The standard InChI is InChI=1S/C24H22N2O3/c1-27-22-13-12-17(14-23(22)28-2)24-26-20(18-10-6-7-11-21(18)29-24)15-19(25-26)16-8-4-3-5-9-16/h3-14,20,24H,15H2,1-2H3/t20-,24+/m0/s1. The minimum Gasteiger partial charge on any atom is -0.493 e. The summed E-state index contributed by atoms with van der Waals surface area (Å²) in [5, 5.41) is 7.06. The molecule has 5 heteroatoms. The Balaban J connectivity index is 1.59. The molecule has 2 aliphatic rings. The monoisotopic (exact) mass is 386 g/mol. The van der Waals surface area contributed by atoms with Gasteiger partial charge >= 0.3 is 0 Å². The van der Waals surface area contributed by atoms with E-state index in [1.807, 2.05) is 48.5 Å². The van der Waals surface area contributed by atoms with E-state index in [1.165, 1.54) is 5.56 Å². The van der Waals surface area contributed by atoms with Crippen LogP contribution >= 0.6 is 0 Å². The molecule has 5 rings (SSSR count).